The SMILES string of the molecule is COC(C)C(O)c1c(F)ccc(C)c1F. The van der Waals surface area contributed by atoms with Crippen molar-refractivity contribution in [3.05, 3.63) is 34.9 Å². The average Bonchev–Trinajstić information content (AvgIpc) is 2.22. The predicted octanol–water partition coefficient (Wildman–Crippen LogP) is 2.34. The lowest BCUT2D eigenvalue weighted by Gasteiger charge is -2.19. The van der Waals surface area contributed by atoms with Crippen LogP contribution in [0.25, 0.3) is 0 Å². The first-order valence-corrected chi connectivity index (χ1v) is 4.64. The van der Waals surface area contributed by atoms with Crippen LogP contribution >= 0.6 is 0 Å². The van der Waals surface area contributed by atoms with Crippen LogP contribution in [0.2, 0.25) is 0 Å². The van der Waals surface area contributed by atoms with E-state index in [9.17, 15) is 13.9 Å². The zero-order valence-corrected chi connectivity index (χ0v) is 8.92. The molecule has 0 saturated carbocycles. The molecule has 1 aromatic rings. The topological polar surface area (TPSA) is 29.5 Å². The number of hydrogen-bond donors (Lipinski definition) is 1. The number of aryl methyl sites for hydroxylation is 1. The molecule has 1 rings (SSSR count). The number of rotatable bonds is 3. The van der Waals surface area contributed by atoms with Gasteiger partial charge in [-0.2, -0.15) is 0 Å². The van der Waals surface area contributed by atoms with Crippen molar-refractivity contribution in [2.45, 2.75) is 26.1 Å². The van der Waals surface area contributed by atoms with Gasteiger partial charge in [0.1, 0.15) is 17.7 Å². The van der Waals surface area contributed by atoms with Gasteiger partial charge in [-0.3, -0.25) is 0 Å². The summed E-state index contributed by atoms with van der Waals surface area (Å²) in [5, 5.41) is 9.67. The zero-order chi connectivity index (χ0) is 11.6. The Hall–Kier alpha value is -1.00. The average molecular weight is 216 g/mol. The molecule has 0 fully saturated rings. The van der Waals surface area contributed by atoms with E-state index in [2.05, 4.69) is 0 Å². The summed E-state index contributed by atoms with van der Waals surface area (Å²) >= 11 is 0. The minimum atomic E-state index is -1.30. The number of aliphatic hydroxyl groups is 1. The van der Waals surface area contributed by atoms with E-state index < -0.39 is 23.8 Å². The van der Waals surface area contributed by atoms with Crippen LogP contribution in [0, 0.1) is 18.6 Å². The van der Waals surface area contributed by atoms with Crippen molar-refractivity contribution < 1.29 is 18.6 Å². The second-order valence-electron chi connectivity index (χ2n) is 3.48. The lowest BCUT2D eigenvalue weighted by Crippen LogP contribution is -2.19. The van der Waals surface area contributed by atoms with E-state index in [-0.39, 0.29) is 5.56 Å². The summed E-state index contributed by atoms with van der Waals surface area (Å²) in [6.07, 6.45) is -1.95. The maximum Gasteiger partial charge on any atom is 0.134 e. The maximum atomic E-state index is 13.6. The van der Waals surface area contributed by atoms with E-state index >= 15 is 0 Å². The third-order valence-electron chi connectivity index (χ3n) is 2.43. The van der Waals surface area contributed by atoms with Gasteiger partial charge in [0.15, 0.2) is 0 Å². The maximum absolute atomic E-state index is 13.6. The van der Waals surface area contributed by atoms with Gasteiger partial charge in [-0.05, 0) is 25.5 Å². The highest BCUT2D eigenvalue weighted by Crippen LogP contribution is 2.26. The van der Waals surface area contributed by atoms with Crippen LogP contribution in [-0.4, -0.2) is 18.3 Å². The Labute approximate surface area is 87.5 Å². The van der Waals surface area contributed by atoms with Gasteiger partial charge in [0.05, 0.1) is 11.7 Å². The van der Waals surface area contributed by atoms with E-state index in [0.29, 0.717) is 5.56 Å². The van der Waals surface area contributed by atoms with Gasteiger partial charge < -0.3 is 9.84 Å². The summed E-state index contributed by atoms with van der Waals surface area (Å²) in [6, 6.07) is 2.47. The summed E-state index contributed by atoms with van der Waals surface area (Å²) in [4.78, 5) is 0. The van der Waals surface area contributed by atoms with Crippen LogP contribution in [0.15, 0.2) is 12.1 Å². The molecular formula is C11H14F2O2. The second kappa shape index (κ2) is 4.68. The molecule has 1 aromatic carbocycles. The standard InChI is InChI=1S/C11H14F2O2/c1-6-4-5-8(12)9(10(6)13)11(14)7(2)15-3/h4-5,7,11,14H,1-3H3. The molecule has 0 spiro atoms. The molecule has 0 bridgehead atoms. The third kappa shape index (κ3) is 2.33. The van der Waals surface area contributed by atoms with Gasteiger partial charge in [0.25, 0.3) is 0 Å². The monoisotopic (exact) mass is 216 g/mol. The number of halogens is 2. The smallest absolute Gasteiger partial charge is 0.134 e. The van der Waals surface area contributed by atoms with Crippen molar-refractivity contribution in [2.75, 3.05) is 7.11 Å². The fourth-order valence-electron chi connectivity index (χ4n) is 1.31. The van der Waals surface area contributed by atoms with Gasteiger partial charge in [0, 0.05) is 7.11 Å². The normalized spacial score (nSPS) is 15.1. The van der Waals surface area contributed by atoms with Gasteiger partial charge >= 0.3 is 0 Å². The van der Waals surface area contributed by atoms with Crippen LogP contribution in [-0.2, 0) is 4.74 Å². The lowest BCUT2D eigenvalue weighted by molar-refractivity contribution is -0.00503. The van der Waals surface area contributed by atoms with Gasteiger partial charge in [-0.25, -0.2) is 8.78 Å². The third-order valence-corrected chi connectivity index (χ3v) is 2.43. The van der Waals surface area contributed by atoms with Crippen molar-refractivity contribution >= 4 is 0 Å². The van der Waals surface area contributed by atoms with E-state index in [4.69, 9.17) is 4.74 Å². The predicted molar refractivity (Wildman–Crippen MR) is 52.5 cm³/mol. The van der Waals surface area contributed by atoms with E-state index in [0.717, 1.165) is 6.07 Å². The first-order chi connectivity index (χ1) is 6.99. The number of benzene rings is 1. The molecule has 0 radical (unpaired) electrons. The molecule has 84 valence electrons. The first kappa shape index (κ1) is 12.1. The summed E-state index contributed by atoms with van der Waals surface area (Å²) < 4.78 is 31.7. The van der Waals surface area contributed by atoms with Crippen LogP contribution in [0.4, 0.5) is 8.78 Å². The lowest BCUT2D eigenvalue weighted by atomic mass is 10.0. The van der Waals surface area contributed by atoms with Gasteiger partial charge in [-0.15, -0.1) is 0 Å². The summed E-state index contributed by atoms with van der Waals surface area (Å²) in [7, 11) is 1.37. The molecule has 0 saturated heterocycles. The van der Waals surface area contributed by atoms with E-state index in [1.54, 1.807) is 6.92 Å². The van der Waals surface area contributed by atoms with Crippen molar-refractivity contribution in [1.29, 1.82) is 0 Å². The highest BCUT2D eigenvalue weighted by Gasteiger charge is 2.24. The van der Waals surface area contributed by atoms with Crippen LogP contribution < -0.4 is 0 Å². The Morgan fingerprint density at radius 3 is 2.47 bits per heavy atom. The van der Waals surface area contributed by atoms with E-state index in [1.165, 1.54) is 20.1 Å². The molecule has 0 amide bonds. The van der Waals surface area contributed by atoms with Gasteiger partial charge in [-0.1, -0.05) is 6.07 Å². The second-order valence-corrected chi connectivity index (χ2v) is 3.48. The van der Waals surface area contributed by atoms with Crippen molar-refractivity contribution in [2.24, 2.45) is 0 Å². The molecular weight excluding hydrogens is 202 g/mol. The summed E-state index contributed by atoms with van der Waals surface area (Å²) in [5.74, 6) is -1.47. The van der Waals surface area contributed by atoms with E-state index in [1.807, 2.05) is 0 Å². The highest BCUT2D eigenvalue weighted by molar-refractivity contribution is 5.28. The Bertz CT molecular complexity index is 353. The van der Waals surface area contributed by atoms with Crippen molar-refractivity contribution in [1.82, 2.24) is 0 Å². The van der Waals surface area contributed by atoms with Crippen LogP contribution in [0.5, 0.6) is 0 Å². The summed E-state index contributed by atoms with van der Waals surface area (Å²) in [6.45, 7) is 3.06. The van der Waals surface area contributed by atoms with Gasteiger partial charge in [0.2, 0.25) is 0 Å². The molecule has 0 aromatic heterocycles. The molecule has 0 heterocycles. The highest BCUT2D eigenvalue weighted by atomic mass is 19.1. The van der Waals surface area contributed by atoms with Crippen molar-refractivity contribution in [3.63, 3.8) is 0 Å². The Morgan fingerprint density at radius 2 is 1.93 bits per heavy atom. The molecule has 2 nitrogen and oxygen atoms in total. The minimum absolute atomic E-state index is 0.300. The fraction of sp³-hybridized carbons (Fsp3) is 0.455. The Morgan fingerprint density at radius 1 is 1.33 bits per heavy atom. The van der Waals surface area contributed by atoms with Crippen LogP contribution in [0.1, 0.15) is 24.2 Å². The number of aliphatic hydroxyl groups excluding tert-OH is 1. The minimum Gasteiger partial charge on any atom is -0.385 e. The molecule has 0 aliphatic carbocycles. The molecule has 1 N–H and O–H groups in total. The molecule has 4 heteroatoms. The summed E-state index contributed by atoms with van der Waals surface area (Å²) in [5.41, 5.74) is -0.0295. The Balaban J connectivity index is 3.18. The number of methoxy groups -OCH3 is 1. The zero-order valence-electron chi connectivity index (χ0n) is 8.92. The molecule has 15 heavy (non-hydrogen) atoms. The number of ether oxygens (including phenoxy) is 1. The quantitative estimate of drug-likeness (QED) is 0.840. The molecule has 0 aliphatic heterocycles. The molecule has 2 atom stereocenters. The fourth-order valence-corrected chi connectivity index (χ4v) is 1.31. The van der Waals surface area contributed by atoms with Crippen LogP contribution in [0.3, 0.4) is 0 Å². The number of hydrogen-bond acceptors (Lipinski definition) is 2. The Kier molecular flexibility index (Phi) is 3.77. The largest absolute Gasteiger partial charge is 0.385 e. The molecule has 0 aliphatic rings. The first-order valence-electron chi connectivity index (χ1n) is 4.64. The molecule has 2 unspecified atom stereocenters. The van der Waals surface area contributed by atoms with Crippen molar-refractivity contribution in [3.8, 4) is 0 Å².